The molecule has 16 N–H and O–H groups in total. The molecule has 15 aromatic rings. The zero-order valence-electron chi connectivity index (χ0n) is 74.8. The van der Waals surface area contributed by atoms with Crippen LogP contribution in [0, 0.1) is 0 Å². The van der Waals surface area contributed by atoms with Crippen molar-refractivity contribution in [3.8, 4) is 84.4 Å². The number of nitrogens with two attached hydrogens (primary N) is 6. The van der Waals surface area contributed by atoms with Crippen LogP contribution in [0.1, 0.15) is 103 Å². The lowest BCUT2D eigenvalue weighted by Crippen LogP contribution is -2.41. The Balaban J connectivity index is 0.000000169. The highest BCUT2D eigenvalue weighted by molar-refractivity contribution is 9.11. The average molecular weight is 2060 g/mol. The number of methoxy groups -OCH3 is 3. The van der Waals surface area contributed by atoms with Crippen LogP contribution in [-0.4, -0.2) is 116 Å². The molecule has 16 rings (SSSR count). The van der Waals surface area contributed by atoms with Gasteiger partial charge in [-0.3, -0.25) is 9.36 Å². The van der Waals surface area contributed by atoms with Gasteiger partial charge in [-0.15, -0.1) is 0 Å². The number of aryl methyl sites for hydroxylation is 4. The predicted molar refractivity (Wildman–Crippen MR) is 544 cm³/mol. The normalized spacial score (nSPS) is 12.0. The third kappa shape index (κ3) is 26.2. The number of hydrogen-bond acceptors (Lipinski definition) is 23. The number of halogens is 5. The van der Waals surface area contributed by atoms with Crippen LogP contribution in [0.25, 0.3) is 77.4 Å². The summed E-state index contributed by atoms with van der Waals surface area (Å²) in [4.78, 5) is 24.8. The summed E-state index contributed by atoms with van der Waals surface area (Å²) in [5.41, 5.74) is 55.1. The Kier molecular flexibility index (Phi) is 37.1. The summed E-state index contributed by atoms with van der Waals surface area (Å²) in [6.07, 6.45) is 19.9. The molecule has 0 saturated carbocycles. The fourth-order valence-electron chi connectivity index (χ4n) is 13.8. The van der Waals surface area contributed by atoms with Crippen LogP contribution >= 0.6 is 79.6 Å². The fraction of sp³-hybridized carbons (Fsp3) is 0.237. The summed E-state index contributed by atoms with van der Waals surface area (Å²) >= 11 is 17.1. The third-order valence-corrected chi connectivity index (χ3v) is 25.3. The van der Waals surface area contributed by atoms with Crippen molar-refractivity contribution in [1.29, 1.82) is 0 Å². The molecule has 1 saturated heterocycles. The van der Waals surface area contributed by atoms with Crippen LogP contribution in [0.3, 0.4) is 0 Å². The Morgan fingerprint density at radius 1 is 0.388 bits per heavy atom. The van der Waals surface area contributed by atoms with E-state index in [1.807, 2.05) is 139 Å². The van der Waals surface area contributed by atoms with Crippen LogP contribution in [-0.2, 0) is 61.9 Å². The van der Waals surface area contributed by atoms with Crippen molar-refractivity contribution >= 4 is 162 Å². The smallest absolute Gasteiger partial charge is 0.494 e. The lowest BCUT2D eigenvalue weighted by atomic mass is 9.79. The van der Waals surface area contributed by atoms with Crippen LogP contribution in [0.5, 0.6) is 28.7 Å². The van der Waals surface area contributed by atoms with Crippen molar-refractivity contribution in [2.24, 2.45) is 14.1 Å². The first-order valence-corrected chi connectivity index (χ1v) is 45.5. The van der Waals surface area contributed by atoms with E-state index in [1.165, 1.54) is 16.7 Å². The lowest BCUT2D eigenvalue weighted by Gasteiger charge is -2.32. The molecule has 0 unspecified atom stereocenters. The molecule has 129 heavy (non-hydrogen) atoms. The Morgan fingerprint density at radius 2 is 0.736 bits per heavy atom. The van der Waals surface area contributed by atoms with Crippen LogP contribution in [0.2, 0.25) is 0 Å². The average Bonchev–Trinajstić information content (AvgIpc) is 1.47. The summed E-state index contributed by atoms with van der Waals surface area (Å²) in [5, 5.41) is 47.4. The van der Waals surface area contributed by atoms with E-state index >= 15 is 0 Å². The zero-order valence-corrected chi connectivity index (χ0v) is 82.8. The van der Waals surface area contributed by atoms with E-state index in [4.69, 9.17) is 68.0 Å². The summed E-state index contributed by atoms with van der Waals surface area (Å²) in [7, 11) is 6.99. The van der Waals surface area contributed by atoms with E-state index < -0.39 is 7.12 Å². The molecule has 0 atom stereocenters. The van der Waals surface area contributed by atoms with Gasteiger partial charge in [0.2, 0.25) is 0 Å². The highest BCUT2D eigenvalue weighted by Crippen LogP contribution is 2.41. The number of nitrogen functional groups attached to an aromatic ring is 6. The minimum atomic E-state index is -1.40. The van der Waals surface area contributed by atoms with E-state index in [1.54, 1.807) is 101 Å². The van der Waals surface area contributed by atoms with Gasteiger partial charge in [0.25, 0.3) is 0 Å². The van der Waals surface area contributed by atoms with Crippen LogP contribution in [0.4, 0.5) is 34.9 Å². The number of aromatic hydroxyl groups is 2. The van der Waals surface area contributed by atoms with E-state index in [0.717, 1.165) is 172 Å². The van der Waals surface area contributed by atoms with Crippen molar-refractivity contribution in [1.82, 2.24) is 49.5 Å². The zero-order chi connectivity index (χ0) is 94.1. The number of fused-ring (bicyclic) bond motifs is 2. The summed E-state index contributed by atoms with van der Waals surface area (Å²) < 4.78 is 35.7. The predicted octanol–water partition coefficient (Wildman–Crippen LogP) is 20.1. The number of nitrogens with zero attached hydrogens (tertiary/aromatic N) is 10. The molecule has 1 aliphatic rings. The highest BCUT2D eigenvalue weighted by Gasteiger charge is 2.52. The first-order valence-electron chi connectivity index (χ1n) is 41.5. The second-order valence-corrected chi connectivity index (χ2v) is 34.5. The molecule has 0 bridgehead atoms. The summed E-state index contributed by atoms with van der Waals surface area (Å²) in [6.45, 7) is 20.8. The standard InChI is InChI=1S/C21H20N4O.C14H19BN2O2.C14H15BrN2O.C14H16N2O.C13H13BrN2O.C7H9BO3.C7H8Br2N2.C7H9BrN2/c1-3-17-18(14-4-5-15-12-25(2)24-19(15)10-14)11-23-21(22)20(17)13-6-8-16(26)9-7-13;1-13(2)14(3,4)19-15(18-13)11-7-6-10-9-17(5)16-12(10)8-11;1-3-11-12(15)8-17-14(16)13(11)9-4-6-10(18-2)7-5-9;1-3-10-8-9-16-14(15)13(10)11-4-6-12(17-2)7-5-11;1-2-10-11(14)7-16-13(15)12(10)8-3-5-9(17)6-4-8;1-11-7-4-2-6(3-5-7)8(9)10;1-2-4-5(8)3-11-7(10)6(4)9;1-2-5-3-4-10-7(9)6(5)8/h4-12,26H,3H2,1-2H3,(H2,22,23);6-9H,1-5H3;4-8H,3H2,1-2H3,(H2,16,17);4-9H,3H2,1-2H3,(H2,15,16);3-7,17H,2H2,1H3,(H2,15,16);2-5,9-10H,1H3;3H,2H2,1H3,(H2,10,11);3-4H,2H2,1H3,(H2,9,10). The number of benzene rings is 7. The fourth-order valence-corrected chi connectivity index (χ4v) is 16.9. The van der Waals surface area contributed by atoms with Crippen molar-refractivity contribution in [2.45, 2.75) is 119 Å². The molecule has 25 nitrogen and oxygen atoms in total. The van der Waals surface area contributed by atoms with Gasteiger partial charge in [0, 0.05) is 116 Å². The van der Waals surface area contributed by atoms with Gasteiger partial charge in [-0.25, -0.2) is 29.9 Å². The SMILES string of the molecule is CCc1c(-c2ccc3cn(C)nc3c2)cnc(N)c1-c1ccc(O)cc1.CCc1c(Br)cnc(N)c1-c1ccc(O)cc1.CCc1c(Br)cnc(N)c1-c1ccc(OC)cc1.CCc1c(Br)cnc(N)c1Br.CCc1ccnc(N)c1-c1ccc(OC)cc1.CCc1ccnc(N)c1Br.COc1ccc(B(O)O)cc1.Cn1cc2ccc(B3OC(C)(C)C(C)(C)O3)cc2n1. The maximum atomic E-state index is 9.58. The minimum Gasteiger partial charge on any atom is -0.508 e. The molecule has 7 aromatic carbocycles. The number of phenolic OH excluding ortho intramolecular Hbond substituents is 2. The first-order chi connectivity index (χ1) is 61.6. The van der Waals surface area contributed by atoms with Gasteiger partial charge >= 0.3 is 14.2 Å². The van der Waals surface area contributed by atoms with Gasteiger partial charge in [0.1, 0.15) is 63.7 Å². The molecule has 1 aliphatic heterocycles. The molecule has 672 valence electrons. The molecule has 1 fully saturated rings. The van der Waals surface area contributed by atoms with Crippen molar-refractivity contribution in [3.05, 3.63) is 275 Å². The number of phenols is 2. The molecule has 0 spiro atoms. The molecule has 0 radical (unpaired) electrons. The molecule has 9 heterocycles. The molecular formula is C97H109B2Br5N16O9. The van der Waals surface area contributed by atoms with Gasteiger partial charge in [-0.2, -0.15) is 10.2 Å². The second kappa shape index (κ2) is 47.2. The number of pyridine rings is 6. The maximum Gasteiger partial charge on any atom is 0.494 e. The minimum absolute atomic E-state index is 0.232. The Bertz CT molecular complexity index is 6220. The Hall–Kier alpha value is -11.5. The van der Waals surface area contributed by atoms with Crippen molar-refractivity contribution in [2.75, 3.05) is 55.7 Å². The van der Waals surface area contributed by atoms with Gasteiger partial charge in [-0.1, -0.05) is 126 Å². The lowest BCUT2D eigenvalue weighted by molar-refractivity contribution is 0.00578. The van der Waals surface area contributed by atoms with Gasteiger partial charge < -0.3 is 78.2 Å². The number of aromatic nitrogens is 10. The second-order valence-electron chi connectivity index (χ2n) is 30.4. The van der Waals surface area contributed by atoms with Gasteiger partial charge in [0.05, 0.1) is 52.5 Å². The Labute approximate surface area is 796 Å². The first kappa shape index (κ1) is 101. The highest BCUT2D eigenvalue weighted by atomic mass is 79.9. The van der Waals surface area contributed by atoms with Crippen molar-refractivity contribution < 1.29 is 43.8 Å². The number of rotatable bonds is 16. The maximum absolute atomic E-state index is 9.58. The van der Waals surface area contributed by atoms with E-state index in [0.29, 0.717) is 46.1 Å². The van der Waals surface area contributed by atoms with Crippen molar-refractivity contribution in [3.63, 3.8) is 0 Å². The van der Waals surface area contributed by atoms with Gasteiger partial charge in [-0.05, 0) is 303 Å². The molecule has 8 aromatic heterocycles. The monoisotopic (exact) mass is 2060 g/mol. The Morgan fingerprint density at radius 3 is 1.15 bits per heavy atom. The van der Waals surface area contributed by atoms with Gasteiger partial charge in [0.15, 0.2) is 0 Å². The quantitative estimate of drug-likeness (QED) is 0.0402. The molecule has 0 aliphatic carbocycles. The number of ether oxygens (including phenoxy) is 3. The van der Waals surface area contributed by atoms with Crippen LogP contribution in [0.15, 0.2) is 242 Å². The summed E-state index contributed by atoms with van der Waals surface area (Å²) in [5.74, 6) is 6.11. The van der Waals surface area contributed by atoms with E-state index in [9.17, 15) is 10.2 Å². The van der Waals surface area contributed by atoms with E-state index in [-0.39, 0.29) is 29.8 Å². The van der Waals surface area contributed by atoms with E-state index in [2.05, 4.69) is 213 Å². The summed E-state index contributed by atoms with van der Waals surface area (Å²) in [6, 6.07) is 52.7. The molecular weight excluding hydrogens is 1950 g/mol. The number of anilines is 6. The number of hydrogen-bond donors (Lipinski definition) is 10. The molecule has 0 amide bonds. The third-order valence-electron chi connectivity index (χ3n) is 21.5. The molecule has 32 heteroatoms. The van der Waals surface area contributed by atoms with Crippen LogP contribution < -0.4 is 59.5 Å². The topological polar surface area (TPSA) is 396 Å². The largest absolute Gasteiger partial charge is 0.508 e.